The molecule has 0 spiro atoms. The third-order valence-corrected chi connectivity index (χ3v) is 1.18. The summed E-state index contributed by atoms with van der Waals surface area (Å²) in [5.74, 6) is 0. The standard InChI is InChI=1S/C5H9N2O2/c1-9-5(8)7-4-2-3-6-7/h2-4H2,1H3. The Morgan fingerprint density at radius 1 is 1.78 bits per heavy atom. The van der Waals surface area contributed by atoms with Crippen LogP contribution in [0.25, 0.3) is 0 Å². The van der Waals surface area contributed by atoms with Crippen molar-refractivity contribution in [3.63, 3.8) is 0 Å². The van der Waals surface area contributed by atoms with Crippen molar-refractivity contribution < 1.29 is 9.53 Å². The fourth-order valence-corrected chi connectivity index (χ4v) is 0.737. The predicted molar refractivity (Wildman–Crippen MR) is 30.7 cm³/mol. The normalized spacial score (nSPS) is 18.1. The van der Waals surface area contributed by atoms with Gasteiger partial charge in [0.05, 0.1) is 7.11 Å². The second-order valence-corrected chi connectivity index (χ2v) is 1.81. The van der Waals surface area contributed by atoms with E-state index in [-0.39, 0.29) is 6.09 Å². The Labute approximate surface area is 53.7 Å². The highest BCUT2D eigenvalue weighted by molar-refractivity contribution is 5.66. The van der Waals surface area contributed by atoms with Crippen LogP contribution in [-0.2, 0) is 4.74 Å². The molecule has 0 aromatic rings. The molecular formula is C5H9N2O2. The summed E-state index contributed by atoms with van der Waals surface area (Å²) in [7, 11) is 1.36. The average Bonchev–Trinajstić information content (AvgIpc) is 2.37. The van der Waals surface area contributed by atoms with Crippen molar-refractivity contribution in [2.45, 2.75) is 6.42 Å². The summed E-state index contributed by atoms with van der Waals surface area (Å²) in [6, 6.07) is 0. The summed E-state index contributed by atoms with van der Waals surface area (Å²) >= 11 is 0. The molecule has 0 aromatic carbocycles. The summed E-state index contributed by atoms with van der Waals surface area (Å²) in [6.07, 6.45) is 0.599. The molecule has 1 radical (unpaired) electrons. The molecule has 0 saturated carbocycles. The molecule has 1 aliphatic heterocycles. The molecule has 0 unspecified atom stereocenters. The minimum absolute atomic E-state index is 0.354. The van der Waals surface area contributed by atoms with E-state index in [0.29, 0.717) is 6.54 Å². The molecule has 1 amide bonds. The lowest BCUT2D eigenvalue weighted by atomic mass is 10.5. The number of hydrogen-bond donors (Lipinski definition) is 0. The monoisotopic (exact) mass is 129 g/mol. The van der Waals surface area contributed by atoms with Crippen molar-refractivity contribution >= 4 is 6.09 Å². The number of carbonyl (C=O) groups excluding carboxylic acids is 1. The SMILES string of the molecule is COC(=O)N1CCC[N]1. The van der Waals surface area contributed by atoms with Crippen LogP contribution >= 0.6 is 0 Å². The van der Waals surface area contributed by atoms with E-state index in [4.69, 9.17) is 0 Å². The number of amides is 1. The van der Waals surface area contributed by atoms with Gasteiger partial charge in [-0.05, 0) is 6.42 Å². The highest BCUT2D eigenvalue weighted by atomic mass is 16.5. The maximum absolute atomic E-state index is 10.6. The average molecular weight is 129 g/mol. The molecule has 9 heavy (non-hydrogen) atoms. The van der Waals surface area contributed by atoms with Gasteiger partial charge in [-0.15, -0.1) is 5.43 Å². The Morgan fingerprint density at radius 3 is 3.00 bits per heavy atom. The zero-order valence-corrected chi connectivity index (χ0v) is 5.33. The van der Waals surface area contributed by atoms with Crippen molar-refractivity contribution in [2.75, 3.05) is 20.2 Å². The van der Waals surface area contributed by atoms with Crippen LogP contribution in [0.2, 0.25) is 0 Å². The highest BCUT2D eigenvalue weighted by Gasteiger charge is 2.18. The lowest BCUT2D eigenvalue weighted by molar-refractivity contribution is 0.115. The minimum Gasteiger partial charge on any atom is -0.452 e. The molecule has 0 N–H and O–H groups in total. The lowest BCUT2D eigenvalue weighted by Gasteiger charge is -2.09. The number of hydrogen-bond acceptors (Lipinski definition) is 2. The van der Waals surface area contributed by atoms with E-state index in [1.54, 1.807) is 0 Å². The van der Waals surface area contributed by atoms with Crippen LogP contribution < -0.4 is 5.43 Å². The van der Waals surface area contributed by atoms with Gasteiger partial charge in [0.25, 0.3) is 0 Å². The summed E-state index contributed by atoms with van der Waals surface area (Å²) in [6.45, 7) is 1.45. The van der Waals surface area contributed by atoms with Gasteiger partial charge in [0.2, 0.25) is 0 Å². The molecule has 0 atom stereocenters. The summed E-state index contributed by atoms with van der Waals surface area (Å²) < 4.78 is 4.43. The zero-order valence-electron chi connectivity index (χ0n) is 5.33. The van der Waals surface area contributed by atoms with E-state index in [0.717, 1.165) is 13.0 Å². The summed E-state index contributed by atoms with van der Waals surface area (Å²) in [5.41, 5.74) is 3.87. The van der Waals surface area contributed by atoms with E-state index >= 15 is 0 Å². The molecule has 4 heteroatoms. The first kappa shape index (κ1) is 6.35. The molecule has 1 aliphatic rings. The second kappa shape index (κ2) is 2.68. The Hall–Kier alpha value is -0.770. The Balaban J connectivity index is 2.32. The van der Waals surface area contributed by atoms with Gasteiger partial charge in [-0.3, -0.25) is 0 Å². The van der Waals surface area contributed by atoms with Crippen LogP contribution in [-0.4, -0.2) is 31.3 Å². The van der Waals surface area contributed by atoms with Crippen molar-refractivity contribution in [3.05, 3.63) is 0 Å². The molecule has 1 heterocycles. The molecule has 1 rings (SSSR count). The van der Waals surface area contributed by atoms with Gasteiger partial charge in [0.15, 0.2) is 0 Å². The van der Waals surface area contributed by atoms with E-state index in [1.807, 2.05) is 0 Å². The maximum Gasteiger partial charge on any atom is 0.425 e. The van der Waals surface area contributed by atoms with Crippen LogP contribution in [0.3, 0.4) is 0 Å². The molecule has 4 nitrogen and oxygen atoms in total. The first-order chi connectivity index (χ1) is 4.34. The first-order valence-electron chi connectivity index (χ1n) is 2.87. The van der Waals surface area contributed by atoms with E-state index < -0.39 is 0 Å². The van der Waals surface area contributed by atoms with Crippen LogP contribution in [0.4, 0.5) is 4.79 Å². The van der Waals surface area contributed by atoms with Gasteiger partial charge in [-0.1, -0.05) is 0 Å². The fraction of sp³-hybridized carbons (Fsp3) is 0.800. The zero-order chi connectivity index (χ0) is 6.69. The molecule has 0 aliphatic carbocycles. The molecule has 0 bridgehead atoms. The van der Waals surface area contributed by atoms with Gasteiger partial charge in [0.1, 0.15) is 0 Å². The molecule has 51 valence electrons. The fourth-order valence-electron chi connectivity index (χ4n) is 0.737. The van der Waals surface area contributed by atoms with Crippen molar-refractivity contribution in [1.29, 1.82) is 0 Å². The highest BCUT2D eigenvalue weighted by Crippen LogP contribution is 1.99. The van der Waals surface area contributed by atoms with E-state index in [1.165, 1.54) is 12.1 Å². The van der Waals surface area contributed by atoms with Gasteiger partial charge < -0.3 is 4.74 Å². The number of ether oxygens (including phenoxy) is 1. The Bertz CT molecular complexity index is 110. The van der Waals surface area contributed by atoms with E-state index in [2.05, 4.69) is 10.2 Å². The van der Waals surface area contributed by atoms with Crippen LogP contribution in [0.5, 0.6) is 0 Å². The van der Waals surface area contributed by atoms with Gasteiger partial charge in [-0.25, -0.2) is 9.80 Å². The van der Waals surface area contributed by atoms with Crippen LogP contribution in [0.1, 0.15) is 6.42 Å². The van der Waals surface area contributed by atoms with E-state index in [9.17, 15) is 4.79 Å². The quantitative estimate of drug-likeness (QED) is 0.461. The molecular weight excluding hydrogens is 120 g/mol. The van der Waals surface area contributed by atoms with Gasteiger partial charge in [-0.2, -0.15) is 0 Å². The second-order valence-electron chi connectivity index (χ2n) is 1.81. The lowest BCUT2D eigenvalue weighted by Crippen LogP contribution is -2.31. The molecule has 0 aromatic heterocycles. The summed E-state index contributed by atoms with van der Waals surface area (Å²) in [4.78, 5) is 10.6. The third-order valence-electron chi connectivity index (χ3n) is 1.18. The summed E-state index contributed by atoms with van der Waals surface area (Å²) in [5, 5.41) is 1.35. The Kier molecular flexibility index (Phi) is 1.89. The Morgan fingerprint density at radius 2 is 2.56 bits per heavy atom. The third kappa shape index (κ3) is 1.32. The molecule has 1 saturated heterocycles. The van der Waals surface area contributed by atoms with Crippen molar-refractivity contribution in [3.8, 4) is 0 Å². The largest absolute Gasteiger partial charge is 0.452 e. The molecule has 1 fully saturated rings. The number of nitrogens with zero attached hydrogens (tertiary/aromatic N) is 2. The van der Waals surface area contributed by atoms with Gasteiger partial charge >= 0.3 is 6.09 Å². The predicted octanol–water partition coefficient (Wildman–Crippen LogP) is -0.0221. The van der Waals surface area contributed by atoms with Crippen molar-refractivity contribution in [2.24, 2.45) is 0 Å². The smallest absolute Gasteiger partial charge is 0.425 e. The van der Waals surface area contributed by atoms with Crippen LogP contribution in [0.15, 0.2) is 0 Å². The number of methoxy groups -OCH3 is 1. The number of rotatable bonds is 0. The minimum atomic E-state index is -0.354. The first-order valence-corrected chi connectivity index (χ1v) is 2.87. The van der Waals surface area contributed by atoms with Crippen molar-refractivity contribution in [1.82, 2.24) is 10.4 Å². The topological polar surface area (TPSA) is 43.6 Å². The van der Waals surface area contributed by atoms with Gasteiger partial charge in [0, 0.05) is 13.1 Å². The maximum atomic E-state index is 10.6. The van der Waals surface area contributed by atoms with Crippen LogP contribution in [0, 0.1) is 0 Å². The number of carbonyl (C=O) groups is 1.